The zero-order chi connectivity index (χ0) is 20.1. The maximum Gasteiger partial charge on any atom is 0.155 e. The minimum Gasteiger partial charge on any atom is -0.507 e. The highest BCUT2D eigenvalue weighted by atomic mass is 19.1. The van der Waals surface area contributed by atoms with Crippen LogP contribution in [0.25, 0.3) is 11.3 Å². The van der Waals surface area contributed by atoms with Crippen LogP contribution in [0.15, 0.2) is 18.2 Å². The molecule has 7 heteroatoms. The SMILES string of the molecule is Cc1ccc(-c2nnc(N[C@@H]3C[C@@H](F)CN(C)C3)c3c2C[C@H]2CC[C@@H]3O2)c(O)c1. The van der Waals surface area contributed by atoms with Crippen LogP contribution in [0.4, 0.5) is 10.2 Å². The number of aromatic nitrogens is 2. The molecule has 2 aromatic rings. The predicted molar refractivity (Wildman–Crippen MR) is 109 cm³/mol. The van der Waals surface area contributed by atoms with Gasteiger partial charge in [0.05, 0.1) is 12.2 Å². The summed E-state index contributed by atoms with van der Waals surface area (Å²) >= 11 is 0. The third kappa shape index (κ3) is 3.46. The lowest BCUT2D eigenvalue weighted by molar-refractivity contribution is 0.0325. The van der Waals surface area contributed by atoms with Crippen molar-refractivity contribution in [3.8, 4) is 17.0 Å². The number of aryl methyl sites for hydroxylation is 1. The van der Waals surface area contributed by atoms with Crippen molar-refractivity contribution in [3.05, 3.63) is 34.9 Å². The number of likely N-dealkylation sites (N-methyl/N-ethyl adjacent to an activating group) is 1. The number of anilines is 1. The molecular formula is C22H27FN4O2. The Morgan fingerprint density at radius 2 is 2.10 bits per heavy atom. The molecule has 2 bridgehead atoms. The summed E-state index contributed by atoms with van der Waals surface area (Å²) < 4.78 is 20.2. The number of alkyl halides is 1. The van der Waals surface area contributed by atoms with Crippen molar-refractivity contribution in [2.75, 3.05) is 25.5 Å². The molecule has 3 aliphatic heterocycles. The summed E-state index contributed by atoms with van der Waals surface area (Å²) in [5, 5.41) is 23.0. The van der Waals surface area contributed by atoms with Gasteiger partial charge in [-0.05, 0) is 50.1 Å². The number of halogens is 1. The van der Waals surface area contributed by atoms with Crippen LogP contribution in [-0.2, 0) is 11.2 Å². The van der Waals surface area contributed by atoms with Crippen LogP contribution >= 0.6 is 0 Å². The molecule has 154 valence electrons. The summed E-state index contributed by atoms with van der Waals surface area (Å²) in [6.07, 6.45) is 2.52. The van der Waals surface area contributed by atoms with E-state index in [9.17, 15) is 9.50 Å². The Labute approximate surface area is 170 Å². The third-order valence-electron chi connectivity index (χ3n) is 6.31. The van der Waals surface area contributed by atoms with Crippen molar-refractivity contribution < 1.29 is 14.2 Å². The second kappa shape index (κ2) is 7.22. The zero-order valence-electron chi connectivity index (χ0n) is 16.9. The predicted octanol–water partition coefficient (Wildman–Crippen LogP) is 3.39. The molecule has 0 saturated carbocycles. The van der Waals surface area contributed by atoms with Gasteiger partial charge in [-0.1, -0.05) is 6.07 Å². The molecule has 3 aliphatic rings. The first-order chi connectivity index (χ1) is 14.0. The molecule has 29 heavy (non-hydrogen) atoms. The van der Waals surface area contributed by atoms with Crippen molar-refractivity contribution in [1.82, 2.24) is 15.1 Å². The zero-order valence-corrected chi connectivity index (χ0v) is 16.9. The average molecular weight is 398 g/mol. The van der Waals surface area contributed by atoms with Crippen molar-refractivity contribution in [1.29, 1.82) is 0 Å². The molecule has 4 heterocycles. The topological polar surface area (TPSA) is 70.5 Å². The van der Waals surface area contributed by atoms with Crippen LogP contribution < -0.4 is 5.32 Å². The number of hydrogen-bond acceptors (Lipinski definition) is 6. The average Bonchev–Trinajstić information content (AvgIpc) is 3.03. The number of hydrogen-bond donors (Lipinski definition) is 2. The van der Waals surface area contributed by atoms with Gasteiger partial charge in [-0.15, -0.1) is 10.2 Å². The number of rotatable bonds is 3. The van der Waals surface area contributed by atoms with Gasteiger partial charge in [0, 0.05) is 43.1 Å². The minimum atomic E-state index is -0.842. The number of benzene rings is 1. The first-order valence-corrected chi connectivity index (χ1v) is 10.4. The van der Waals surface area contributed by atoms with Crippen LogP contribution in [0.5, 0.6) is 5.75 Å². The Balaban J connectivity index is 1.56. The number of piperidine rings is 1. The van der Waals surface area contributed by atoms with Gasteiger partial charge in [0.2, 0.25) is 0 Å². The van der Waals surface area contributed by atoms with E-state index in [0.717, 1.165) is 48.2 Å². The molecule has 1 aromatic carbocycles. The van der Waals surface area contributed by atoms with Crippen molar-refractivity contribution in [3.63, 3.8) is 0 Å². The van der Waals surface area contributed by atoms with E-state index in [0.29, 0.717) is 24.3 Å². The van der Waals surface area contributed by atoms with Crippen LogP contribution in [0, 0.1) is 6.92 Å². The van der Waals surface area contributed by atoms with Crippen LogP contribution in [0.1, 0.15) is 42.1 Å². The summed E-state index contributed by atoms with van der Waals surface area (Å²) in [6, 6.07) is 5.62. The van der Waals surface area contributed by atoms with E-state index < -0.39 is 6.17 Å². The van der Waals surface area contributed by atoms with Crippen molar-refractivity contribution in [2.45, 2.75) is 57.0 Å². The molecule has 0 spiro atoms. The number of ether oxygens (including phenoxy) is 1. The van der Waals surface area contributed by atoms with Gasteiger partial charge < -0.3 is 20.1 Å². The van der Waals surface area contributed by atoms with E-state index in [1.54, 1.807) is 6.07 Å². The van der Waals surface area contributed by atoms with E-state index in [1.165, 1.54) is 0 Å². The van der Waals surface area contributed by atoms with Gasteiger partial charge in [-0.25, -0.2) is 4.39 Å². The maximum absolute atomic E-state index is 14.1. The minimum absolute atomic E-state index is 0.0140. The van der Waals surface area contributed by atoms with Crippen LogP contribution in [0.3, 0.4) is 0 Å². The molecule has 0 aliphatic carbocycles. The molecule has 6 nitrogen and oxygen atoms in total. The van der Waals surface area contributed by atoms with E-state index in [-0.39, 0.29) is 24.0 Å². The van der Waals surface area contributed by atoms with E-state index in [2.05, 4.69) is 15.5 Å². The van der Waals surface area contributed by atoms with E-state index in [4.69, 9.17) is 4.74 Å². The summed E-state index contributed by atoms with van der Waals surface area (Å²) in [5.41, 5.74) is 4.56. The Morgan fingerprint density at radius 1 is 1.24 bits per heavy atom. The molecule has 5 rings (SSSR count). The number of nitrogens with zero attached hydrogens (tertiary/aromatic N) is 3. The quantitative estimate of drug-likeness (QED) is 0.826. The smallest absolute Gasteiger partial charge is 0.155 e. The molecule has 2 saturated heterocycles. The molecule has 0 radical (unpaired) electrons. The second-order valence-corrected chi connectivity index (χ2v) is 8.73. The number of nitrogens with one attached hydrogen (secondary N) is 1. The van der Waals surface area contributed by atoms with Crippen molar-refractivity contribution in [2.24, 2.45) is 0 Å². The lowest BCUT2D eigenvalue weighted by Crippen LogP contribution is -2.45. The fourth-order valence-corrected chi connectivity index (χ4v) is 5.04. The Kier molecular flexibility index (Phi) is 4.67. The van der Waals surface area contributed by atoms with Gasteiger partial charge in [0.1, 0.15) is 17.6 Å². The number of likely N-dealkylation sites (tertiary alicyclic amines) is 1. The highest BCUT2D eigenvalue weighted by Gasteiger charge is 2.39. The van der Waals surface area contributed by atoms with Gasteiger partial charge in [-0.3, -0.25) is 0 Å². The highest BCUT2D eigenvalue weighted by molar-refractivity contribution is 5.73. The first kappa shape index (κ1) is 18.8. The summed E-state index contributed by atoms with van der Waals surface area (Å²) in [5.74, 6) is 0.920. The summed E-state index contributed by atoms with van der Waals surface area (Å²) in [4.78, 5) is 2.01. The fourth-order valence-electron chi connectivity index (χ4n) is 5.04. The summed E-state index contributed by atoms with van der Waals surface area (Å²) in [6.45, 7) is 3.19. The molecule has 4 atom stereocenters. The fraction of sp³-hybridized carbons (Fsp3) is 0.545. The van der Waals surface area contributed by atoms with Crippen LogP contribution in [0.2, 0.25) is 0 Å². The first-order valence-electron chi connectivity index (χ1n) is 10.4. The Bertz CT molecular complexity index is 927. The molecule has 1 aromatic heterocycles. The second-order valence-electron chi connectivity index (χ2n) is 8.73. The monoisotopic (exact) mass is 398 g/mol. The lowest BCUT2D eigenvalue weighted by Gasteiger charge is -2.34. The van der Waals surface area contributed by atoms with E-state index >= 15 is 0 Å². The molecular weight excluding hydrogens is 371 g/mol. The molecule has 0 amide bonds. The number of aromatic hydroxyl groups is 1. The highest BCUT2D eigenvalue weighted by Crippen LogP contribution is 2.47. The van der Waals surface area contributed by atoms with Gasteiger partial charge in [0.25, 0.3) is 0 Å². The molecule has 2 fully saturated rings. The van der Waals surface area contributed by atoms with Gasteiger partial charge >= 0.3 is 0 Å². The van der Waals surface area contributed by atoms with Gasteiger partial charge in [-0.2, -0.15) is 0 Å². The van der Waals surface area contributed by atoms with Crippen LogP contribution in [-0.4, -0.2) is 58.7 Å². The van der Waals surface area contributed by atoms with Gasteiger partial charge in [0.15, 0.2) is 5.82 Å². The Morgan fingerprint density at radius 3 is 2.90 bits per heavy atom. The van der Waals surface area contributed by atoms with E-state index in [1.807, 2.05) is 31.0 Å². The lowest BCUT2D eigenvalue weighted by atomic mass is 9.93. The maximum atomic E-state index is 14.1. The number of phenols is 1. The normalized spacial score (nSPS) is 28.9. The standard InChI is InChI=1S/C22H27FN4O2/c1-12-3-5-16(18(28)7-12)21-17-9-15-4-6-19(29-15)20(17)22(26-25-21)24-14-8-13(23)10-27(2)11-14/h3,5,7,13-15,19,28H,4,6,8-11H2,1-2H3,(H,24,26)/t13-,14-,15-,19+/m1/s1. The molecule has 0 unspecified atom stereocenters. The summed E-state index contributed by atoms with van der Waals surface area (Å²) in [7, 11) is 1.94. The third-order valence-corrected chi connectivity index (χ3v) is 6.31. The van der Waals surface area contributed by atoms with Crippen molar-refractivity contribution >= 4 is 5.82 Å². The Hall–Kier alpha value is -2.25. The largest absolute Gasteiger partial charge is 0.507 e. The number of fused-ring (bicyclic) bond motifs is 4. The number of phenolic OH excluding ortho intramolecular Hbond substituents is 1. The molecule has 2 N–H and O–H groups in total.